The molecule has 2 atom stereocenters. The molecular weight excluding hydrogens is 745 g/mol. The van der Waals surface area contributed by atoms with E-state index in [2.05, 4.69) is 55.7 Å². The second kappa shape index (κ2) is 17.8. The van der Waals surface area contributed by atoms with Gasteiger partial charge in [0.25, 0.3) is 0 Å². The Labute approximate surface area is 335 Å². The van der Waals surface area contributed by atoms with Crippen LogP contribution >= 0.6 is 0 Å². The highest BCUT2D eigenvalue weighted by Gasteiger charge is 2.46. The number of hydrogen-bond acceptors (Lipinski definition) is 11. The molecule has 2 unspecified atom stereocenters. The summed E-state index contributed by atoms with van der Waals surface area (Å²) in [5.41, 5.74) is 3.33. The van der Waals surface area contributed by atoms with Crippen molar-refractivity contribution in [2.45, 2.75) is 128 Å². The number of piperidine rings is 1. The molecular formula is C41H64N6O7Si2. The molecule has 2 bridgehead atoms. The first-order valence-electron chi connectivity index (χ1n) is 20.0. The minimum absolute atomic E-state index is 0.00799. The Morgan fingerprint density at radius 3 is 2.05 bits per heavy atom. The average molecular weight is 809 g/mol. The Hall–Kier alpha value is -3.80. The zero-order valence-electron chi connectivity index (χ0n) is 35.6. The second-order valence-electron chi connectivity index (χ2n) is 18.4. The highest BCUT2D eigenvalue weighted by molar-refractivity contribution is 6.76. The van der Waals surface area contributed by atoms with Crippen LogP contribution in [0.5, 0.6) is 0 Å². The van der Waals surface area contributed by atoms with E-state index in [1.165, 1.54) is 7.11 Å². The van der Waals surface area contributed by atoms with E-state index in [9.17, 15) is 9.59 Å². The maximum atomic E-state index is 13.5. The predicted octanol–water partition coefficient (Wildman–Crippen LogP) is 8.66. The lowest BCUT2D eigenvalue weighted by atomic mass is 9.85. The van der Waals surface area contributed by atoms with Crippen molar-refractivity contribution in [2.75, 3.05) is 45.3 Å². The lowest BCUT2D eigenvalue weighted by Crippen LogP contribution is -2.48. The summed E-state index contributed by atoms with van der Waals surface area (Å²) in [5.74, 6) is 0.678. The smallest absolute Gasteiger partial charge is 0.410 e. The predicted molar refractivity (Wildman–Crippen MR) is 225 cm³/mol. The molecule has 1 amide bonds. The molecule has 5 heterocycles. The fraction of sp³-hybridized carbons (Fsp3) is 0.634. The summed E-state index contributed by atoms with van der Waals surface area (Å²) in [6.07, 6.45) is 6.39. The van der Waals surface area contributed by atoms with Gasteiger partial charge in [-0.1, -0.05) is 51.9 Å². The number of anilines is 1. The molecule has 0 aliphatic carbocycles. The molecule has 3 aromatic rings. The van der Waals surface area contributed by atoms with Crippen LogP contribution < -0.4 is 4.90 Å². The maximum absolute atomic E-state index is 13.5. The van der Waals surface area contributed by atoms with Crippen molar-refractivity contribution in [3.63, 3.8) is 0 Å². The van der Waals surface area contributed by atoms with E-state index in [0.29, 0.717) is 44.1 Å². The average Bonchev–Trinajstić information content (AvgIpc) is 3.66. The molecule has 13 nitrogen and oxygen atoms in total. The molecule has 0 radical (unpaired) electrons. The van der Waals surface area contributed by atoms with Crippen LogP contribution in [0.2, 0.25) is 51.4 Å². The Morgan fingerprint density at radius 2 is 1.55 bits per heavy atom. The Balaban J connectivity index is 1.67. The number of hydrogen-bond donors (Lipinski definition) is 0. The van der Waals surface area contributed by atoms with E-state index in [1.807, 2.05) is 43.2 Å². The molecule has 5 rings (SSSR count). The molecule has 0 N–H and O–H groups in total. The molecule has 0 saturated carbocycles. The van der Waals surface area contributed by atoms with Gasteiger partial charge in [-0.2, -0.15) is 9.61 Å². The number of carbonyl (C=O) groups excluding carboxylic acids is 2. The van der Waals surface area contributed by atoms with Crippen molar-refractivity contribution in [3.8, 4) is 11.1 Å². The first-order chi connectivity index (χ1) is 26.3. The van der Waals surface area contributed by atoms with E-state index in [-0.39, 0.29) is 43.3 Å². The number of nitrogens with zero attached hydrogens (tertiary/aromatic N) is 6. The molecule has 0 aromatic carbocycles. The van der Waals surface area contributed by atoms with Gasteiger partial charge in [0.2, 0.25) is 0 Å². The van der Waals surface area contributed by atoms with E-state index >= 15 is 0 Å². The van der Waals surface area contributed by atoms with Crippen molar-refractivity contribution in [1.29, 1.82) is 0 Å². The highest BCUT2D eigenvalue weighted by atomic mass is 28.3. The first kappa shape index (κ1) is 43.3. The highest BCUT2D eigenvalue weighted by Crippen LogP contribution is 2.47. The number of fused-ring (bicyclic) bond motifs is 3. The number of ether oxygens (including phenoxy) is 5. The van der Waals surface area contributed by atoms with Gasteiger partial charge in [-0.05, 0) is 71.5 Å². The fourth-order valence-corrected chi connectivity index (χ4v) is 8.87. The summed E-state index contributed by atoms with van der Waals surface area (Å²) in [6.45, 7) is 28.4. The zero-order chi connectivity index (χ0) is 41.0. The molecule has 56 heavy (non-hydrogen) atoms. The third-order valence-electron chi connectivity index (χ3n) is 10.2. The van der Waals surface area contributed by atoms with Crippen molar-refractivity contribution in [2.24, 2.45) is 0 Å². The summed E-state index contributed by atoms with van der Waals surface area (Å²) >= 11 is 0. The quantitative estimate of drug-likeness (QED) is 0.0427. The van der Waals surface area contributed by atoms with Crippen LogP contribution in [0.25, 0.3) is 22.5 Å². The minimum atomic E-state index is -1.36. The van der Waals surface area contributed by atoms with Crippen molar-refractivity contribution in [3.05, 3.63) is 48.1 Å². The van der Waals surface area contributed by atoms with E-state index in [4.69, 9.17) is 33.8 Å². The van der Waals surface area contributed by atoms with Crippen LogP contribution in [0.1, 0.15) is 81.0 Å². The number of pyridine rings is 1. The molecule has 15 heteroatoms. The molecule has 2 aliphatic rings. The van der Waals surface area contributed by atoms with Crippen molar-refractivity contribution >= 4 is 45.4 Å². The number of carbonyl (C=O) groups is 2. The monoisotopic (exact) mass is 808 g/mol. The molecule has 2 aliphatic heterocycles. The summed E-state index contributed by atoms with van der Waals surface area (Å²) in [4.78, 5) is 39.6. The fourth-order valence-electron chi connectivity index (χ4n) is 7.36. The van der Waals surface area contributed by atoms with E-state index in [0.717, 1.165) is 53.1 Å². The Morgan fingerprint density at radius 1 is 0.946 bits per heavy atom. The van der Waals surface area contributed by atoms with Crippen LogP contribution in [0, 0.1) is 0 Å². The van der Waals surface area contributed by atoms with E-state index < -0.39 is 27.7 Å². The Bertz CT molecular complexity index is 1810. The van der Waals surface area contributed by atoms with Crippen molar-refractivity contribution in [1.82, 2.24) is 24.5 Å². The molecule has 308 valence electrons. The van der Waals surface area contributed by atoms with Crippen LogP contribution in [0.4, 0.5) is 10.6 Å². The van der Waals surface area contributed by atoms with Crippen LogP contribution in [-0.4, -0.2) is 111 Å². The normalized spacial score (nSPS) is 18.6. The molecule has 2 saturated heterocycles. The number of amides is 1. The lowest BCUT2D eigenvalue weighted by molar-refractivity contribution is 0.00564. The number of aromatic nitrogens is 4. The summed E-state index contributed by atoms with van der Waals surface area (Å²) in [6, 6.07) is 5.54. The van der Waals surface area contributed by atoms with Gasteiger partial charge in [-0.15, -0.1) is 0 Å². The van der Waals surface area contributed by atoms with Gasteiger partial charge < -0.3 is 33.5 Å². The van der Waals surface area contributed by atoms with Gasteiger partial charge in [-0.3, -0.25) is 0 Å². The van der Waals surface area contributed by atoms with Crippen LogP contribution in [0.15, 0.2) is 31.1 Å². The van der Waals surface area contributed by atoms with Gasteiger partial charge in [0.05, 0.1) is 31.2 Å². The molecule has 0 spiro atoms. The van der Waals surface area contributed by atoms with Gasteiger partial charge >= 0.3 is 12.1 Å². The lowest BCUT2D eigenvalue weighted by Gasteiger charge is -2.40. The summed E-state index contributed by atoms with van der Waals surface area (Å²) in [5, 5.41) is 4.96. The summed E-state index contributed by atoms with van der Waals surface area (Å²) < 4.78 is 31.8. The Kier molecular flexibility index (Phi) is 13.8. The summed E-state index contributed by atoms with van der Waals surface area (Å²) in [7, 11) is -1.39. The van der Waals surface area contributed by atoms with Crippen LogP contribution in [-0.2, 0) is 23.7 Å². The minimum Gasteiger partial charge on any atom is -0.494 e. The number of rotatable bonds is 17. The number of esters is 1. The largest absolute Gasteiger partial charge is 0.494 e. The topological polar surface area (TPSA) is 130 Å². The second-order valence-corrected chi connectivity index (χ2v) is 29.7. The molecule has 3 aromatic heterocycles. The maximum Gasteiger partial charge on any atom is 0.410 e. The van der Waals surface area contributed by atoms with Gasteiger partial charge in [-0.25, -0.2) is 19.6 Å². The zero-order valence-corrected chi connectivity index (χ0v) is 37.6. The van der Waals surface area contributed by atoms with Gasteiger partial charge in [0.1, 0.15) is 36.3 Å². The van der Waals surface area contributed by atoms with Crippen LogP contribution in [0.3, 0.4) is 0 Å². The SMILES string of the molecule is C=C(OCC)c1c(C2CC3CCC(C2)N3C(=O)OC(C)(C)C)nc2c(-c3ccc(C(=O)OC)nc3)cnn2c1N(COCC[Si](C)(C)C)COCC[Si](C)(C)C. The third-order valence-corrected chi connectivity index (χ3v) is 13.6. The van der Waals surface area contributed by atoms with Gasteiger partial charge in [0, 0.05) is 64.7 Å². The molecule has 2 fully saturated rings. The standard InChI is InChI=1S/C41H64N6O7Si2/c1-13-53-28(2)35-36(30-22-31-15-16-32(23-30)46(31)40(49)54-41(3,4)5)44-37-33(29-14-17-34(42-24-29)39(48)50-6)25-43-47(37)38(35)45(26-51-18-20-55(7,8)9)27-52-19-21-56(10,11)12/h14,17,24-25,30-32H,2,13,15-16,18-23,26-27H2,1,3-12H3. The number of methoxy groups -OCH3 is 1. The first-order valence-corrected chi connectivity index (χ1v) is 27.4. The van der Waals surface area contributed by atoms with Crippen molar-refractivity contribution < 1.29 is 33.3 Å². The third kappa shape index (κ3) is 10.8. The van der Waals surface area contributed by atoms with Gasteiger partial charge in [0.15, 0.2) is 5.65 Å². The van der Waals surface area contributed by atoms with E-state index in [1.54, 1.807) is 18.5 Å².